The maximum atomic E-state index is 4.45. The first-order chi connectivity index (χ1) is 23.5. The predicted molar refractivity (Wildman–Crippen MR) is 230 cm³/mol. The molecule has 0 heteroatoms. The van der Waals surface area contributed by atoms with Gasteiger partial charge >= 0.3 is 0 Å². The van der Waals surface area contributed by atoms with Crippen LogP contribution in [-0.2, 0) is 0 Å². The molecule has 0 aliphatic heterocycles. The predicted octanol–water partition coefficient (Wildman–Crippen LogP) is 18.0. The van der Waals surface area contributed by atoms with Crippen molar-refractivity contribution in [1.29, 1.82) is 0 Å². The molecule has 0 nitrogen and oxygen atoms in total. The standard InChI is InChI=1S/C34H60.C6H14.C5H12.2C2H6/c1-25(2)11-8-9-12-29-13-10-14-33-32-20-19-30(23-27(5)16-15-26(3)4)24-31(32)21-22-34(33,7)28(6)17-18-29;1-3-5-6-4-2;1-3-5-4-2;2*1-2/h25,28-33H,3,5,8-24H2,1-2,4,6-7H3;3-6H2,1-2H3;3-5H2,1-2H3;2*1-2H3. The van der Waals surface area contributed by atoms with Crippen LogP contribution in [0.1, 0.15) is 244 Å². The molecular weight excluding hydrogens is 589 g/mol. The molecule has 0 aromatic carbocycles. The zero-order valence-corrected chi connectivity index (χ0v) is 36.9. The molecule has 7 unspecified atom stereocenters. The van der Waals surface area contributed by atoms with Gasteiger partial charge in [0.25, 0.3) is 0 Å². The van der Waals surface area contributed by atoms with E-state index in [1.807, 2.05) is 27.7 Å². The molecule has 3 rings (SSSR count). The van der Waals surface area contributed by atoms with Crippen molar-refractivity contribution in [1.82, 2.24) is 0 Å². The van der Waals surface area contributed by atoms with Gasteiger partial charge in [0, 0.05) is 0 Å². The SMILES string of the molecule is C=C(C)CCC(=C)CC1CCC2C(CCC3(C)C(C)CCC(CCCCC(C)C)CCCC23)C1.CC.CC.CCCCC.CCCCCC. The lowest BCUT2D eigenvalue weighted by Crippen LogP contribution is -2.47. The Hall–Kier alpha value is -0.520. The van der Waals surface area contributed by atoms with Gasteiger partial charge in [0.05, 0.1) is 0 Å². The number of hydrogen-bond acceptors (Lipinski definition) is 0. The summed E-state index contributed by atoms with van der Waals surface area (Å²) in [4.78, 5) is 0. The first-order valence-electron chi connectivity index (χ1n) is 22.8. The Morgan fingerprint density at radius 2 is 1.29 bits per heavy atom. The Kier molecular flexibility index (Phi) is 33.2. The molecule has 0 bridgehead atoms. The molecule has 0 aromatic rings. The summed E-state index contributed by atoms with van der Waals surface area (Å²) in [6.45, 7) is 37.7. The average Bonchev–Trinajstić information content (AvgIpc) is 3.15. The summed E-state index contributed by atoms with van der Waals surface area (Å²) >= 11 is 0. The van der Waals surface area contributed by atoms with Gasteiger partial charge in [-0.3, -0.25) is 0 Å². The van der Waals surface area contributed by atoms with Crippen LogP contribution in [0.15, 0.2) is 24.3 Å². The second kappa shape index (κ2) is 32.2. The minimum Gasteiger partial charge on any atom is -0.100 e. The molecule has 0 saturated heterocycles. The van der Waals surface area contributed by atoms with Crippen molar-refractivity contribution in [2.75, 3.05) is 0 Å². The summed E-state index contributed by atoms with van der Waals surface area (Å²) in [6.07, 6.45) is 34.1. The van der Waals surface area contributed by atoms with Crippen molar-refractivity contribution in [3.63, 3.8) is 0 Å². The number of hydrogen-bond donors (Lipinski definition) is 0. The van der Waals surface area contributed by atoms with E-state index in [0.29, 0.717) is 5.41 Å². The Labute approximate surface area is 314 Å². The lowest BCUT2D eigenvalue weighted by atomic mass is 9.50. The van der Waals surface area contributed by atoms with Gasteiger partial charge in [-0.2, -0.15) is 0 Å². The molecule has 0 N–H and O–H groups in total. The summed E-state index contributed by atoms with van der Waals surface area (Å²) in [7, 11) is 0. The van der Waals surface area contributed by atoms with Crippen LogP contribution in [0.5, 0.6) is 0 Å². The summed E-state index contributed by atoms with van der Waals surface area (Å²) in [5.74, 6) is 6.72. The zero-order chi connectivity index (χ0) is 37.7. The molecule has 3 fully saturated rings. The maximum Gasteiger partial charge on any atom is -0.0269 e. The summed E-state index contributed by atoms with van der Waals surface area (Å²) in [6, 6.07) is 0. The van der Waals surface area contributed by atoms with Crippen LogP contribution in [0.3, 0.4) is 0 Å². The van der Waals surface area contributed by atoms with E-state index in [1.54, 1.807) is 0 Å². The van der Waals surface area contributed by atoms with Gasteiger partial charge in [0.1, 0.15) is 0 Å². The van der Waals surface area contributed by atoms with Gasteiger partial charge in [-0.15, -0.1) is 6.58 Å². The van der Waals surface area contributed by atoms with E-state index >= 15 is 0 Å². The molecule has 3 aliphatic rings. The third-order valence-corrected chi connectivity index (χ3v) is 12.6. The van der Waals surface area contributed by atoms with Crippen LogP contribution in [-0.4, -0.2) is 0 Å². The molecule has 7 atom stereocenters. The summed E-state index contributed by atoms with van der Waals surface area (Å²) in [5.41, 5.74) is 3.40. The first kappa shape index (κ1) is 50.6. The highest BCUT2D eigenvalue weighted by atomic mass is 14.5. The zero-order valence-electron chi connectivity index (χ0n) is 36.9. The molecule has 3 aliphatic carbocycles. The minimum atomic E-state index is 0.603. The van der Waals surface area contributed by atoms with Crippen LogP contribution >= 0.6 is 0 Å². The van der Waals surface area contributed by atoms with E-state index < -0.39 is 0 Å². The van der Waals surface area contributed by atoms with Crippen LogP contribution in [0, 0.1) is 46.8 Å². The van der Waals surface area contributed by atoms with Gasteiger partial charge in [0.2, 0.25) is 0 Å². The molecular formula is C49H98. The van der Waals surface area contributed by atoms with Crippen molar-refractivity contribution < 1.29 is 0 Å². The number of rotatable bonds is 15. The van der Waals surface area contributed by atoms with Gasteiger partial charge in [-0.25, -0.2) is 0 Å². The lowest BCUT2D eigenvalue weighted by molar-refractivity contribution is -0.0555. The topological polar surface area (TPSA) is 0 Å². The second-order valence-electron chi connectivity index (χ2n) is 17.2. The molecule has 0 aromatic heterocycles. The fourth-order valence-corrected chi connectivity index (χ4v) is 9.37. The van der Waals surface area contributed by atoms with Crippen molar-refractivity contribution in [2.45, 2.75) is 244 Å². The summed E-state index contributed by atoms with van der Waals surface area (Å²) in [5, 5.41) is 0. The van der Waals surface area contributed by atoms with Crippen LogP contribution < -0.4 is 0 Å². The van der Waals surface area contributed by atoms with Crippen LogP contribution in [0.2, 0.25) is 0 Å². The number of unbranched alkanes of at least 4 members (excludes halogenated alkanes) is 6. The quantitative estimate of drug-likeness (QED) is 0.119. The molecule has 0 radical (unpaired) electrons. The molecule has 0 spiro atoms. The number of allylic oxidation sites excluding steroid dienone is 2. The fraction of sp³-hybridized carbons (Fsp3) is 0.918. The fourth-order valence-electron chi connectivity index (χ4n) is 9.37. The van der Waals surface area contributed by atoms with Gasteiger partial charge in [-0.05, 0) is 118 Å². The van der Waals surface area contributed by atoms with Crippen molar-refractivity contribution in [3.8, 4) is 0 Å². The second-order valence-corrected chi connectivity index (χ2v) is 17.2. The lowest BCUT2D eigenvalue weighted by Gasteiger charge is -2.55. The van der Waals surface area contributed by atoms with Gasteiger partial charge in [-0.1, -0.05) is 191 Å². The highest BCUT2D eigenvalue weighted by molar-refractivity contribution is 5.04. The molecule has 0 heterocycles. The first-order valence-corrected chi connectivity index (χ1v) is 22.8. The maximum absolute atomic E-state index is 4.45. The minimum absolute atomic E-state index is 0.603. The van der Waals surface area contributed by atoms with Gasteiger partial charge < -0.3 is 0 Å². The van der Waals surface area contributed by atoms with Crippen molar-refractivity contribution >= 4 is 0 Å². The Morgan fingerprint density at radius 3 is 1.82 bits per heavy atom. The Morgan fingerprint density at radius 1 is 0.694 bits per heavy atom. The monoisotopic (exact) mass is 687 g/mol. The molecule has 49 heavy (non-hydrogen) atoms. The van der Waals surface area contributed by atoms with E-state index in [9.17, 15) is 0 Å². The van der Waals surface area contributed by atoms with E-state index in [-0.39, 0.29) is 0 Å². The molecule has 0 amide bonds. The molecule has 294 valence electrons. The third-order valence-electron chi connectivity index (χ3n) is 12.6. The average molecular weight is 687 g/mol. The highest BCUT2D eigenvalue weighted by Crippen LogP contribution is 2.59. The van der Waals surface area contributed by atoms with Crippen LogP contribution in [0.25, 0.3) is 0 Å². The normalized spacial score (nSPS) is 27.6. The number of fused-ring (bicyclic) bond motifs is 3. The Bertz CT molecular complexity index is 737. The van der Waals surface area contributed by atoms with Crippen molar-refractivity contribution in [3.05, 3.63) is 24.3 Å². The van der Waals surface area contributed by atoms with E-state index in [1.165, 1.54) is 152 Å². The van der Waals surface area contributed by atoms with E-state index in [4.69, 9.17) is 0 Å². The van der Waals surface area contributed by atoms with Crippen molar-refractivity contribution in [2.24, 2.45) is 46.8 Å². The third kappa shape index (κ3) is 22.2. The summed E-state index contributed by atoms with van der Waals surface area (Å²) < 4.78 is 0. The Balaban J connectivity index is 0. The van der Waals surface area contributed by atoms with Gasteiger partial charge in [0.15, 0.2) is 0 Å². The molecule has 3 saturated carbocycles. The van der Waals surface area contributed by atoms with E-state index in [0.717, 1.165) is 54.3 Å². The van der Waals surface area contributed by atoms with E-state index in [2.05, 4.69) is 75.5 Å². The smallest absolute Gasteiger partial charge is 0.0269 e. The largest absolute Gasteiger partial charge is 0.100 e. The highest BCUT2D eigenvalue weighted by Gasteiger charge is 2.50. The van der Waals surface area contributed by atoms with Crippen LogP contribution in [0.4, 0.5) is 0 Å².